The zero-order valence-electron chi connectivity index (χ0n) is 12.2. The van der Waals surface area contributed by atoms with E-state index >= 15 is 0 Å². The van der Waals surface area contributed by atoms with Crippen LogP contribution in [0.2, 0.25) is 0 Å². The maximum atomic E-state index is 12.4. The maximum absolute atomic E-state index is 12.4. The normalized spacial score (nSPS) is 11.3. The van der Waals surface area contributed by atoms with E-state index in [1.807, 2.05) is 12.1 Å². The van der Waals surface area contributed by atoms with Crippen LogP contribution in [0.25, 0.3) is 0 Å². The molecule has 2 aromatic rings. The first kappa shape index (κ1) is 16.1. The lowest BCUT2D eigenvalue weighted by molar-refractivity contribution is -0.137. The fourth-order valence-electron chi connectivity index (χ4n) is 2.00. The first-order valence-corrected chi connectivity index (χ1v) is 6.90. The summed E-state index contributed by atoms with van der Waals surface area (Å²) in [6.07, 6.45) is -2.78. The number of benzene rings is 1. The Bertz CT molecular complexity index is 597. The van der Waals surface area contributed by atoms with E-state index in [-0.39, 0.29) is 0 Å². The highest BCUT2D eigenvalue weighted by atomic mass is 19.4. The number of rotatable bonds is 6. The Morgan fingerprint density at radius 1 is 1.09 bits per heavy atom. The van der Waals surface area contributed by atoms with Crippen LogP contribution in [0.15, 0.2) is 42.5 Å². The van der Waals surface area contributed by atoms with Crippen molar-refractivity contribution in [2.24, 2.45) is 0 Å². The van der Waals surface area contributed by atoms with Gasteiger partial charge >= 0.3 is 6.18 Å². The molecule has 0 atom stereocenters. The zero-order valence-corrected chi connectivity index (χ0v) is 12.2. The Balaban J connectivity index is 1.79. The van der Waals surface area contributed by atoms with E-state index in [1.165, 1.54) is 12.1 Å². The topological polar surface area (TPSA) is 34.1 Å². The predicted molar refractivity (Wildman–Crippen MR) is 79.0 cm³/mol. The Hall–Kier alpha value is -2.24. The number of hydrogen-bond acceptors (Lipinski definition) is 3. The van der Waals surface area contributed by atoms with Crippen molar-refractivity contribution in [1.82, 2.24) is 4.98 Å². The molecule has 1 aromatic carbocycles. The maximum Gasteiger partial charge on any atom is 0.416 e. The van der Waals surface area contributed by atoms with Crippen LogP contribution in [0.3, 0.4) is 0 Å². The summed E-state index contributed by atoms with van der Waals surface area (Å²) < 4.78 is 42.4. The van der Waals surface area contributed by atoms with Crippen LogP contribution in [-0.2, 0) is 12.6 Å². The second-order valence-corrected chi connectivity index (χ2v) is 4.79. The van der Waals surface area contributed by atoms with Crippen LogP contribution in [0.1, 0.15) is 17.5 Å². The molecule has 0 bridgehead atoms. The van der Waals surface area contributed by atoms with Crippen molar-refractivity contribution < 1.29 is 17.9 Å². The molecule has 0 aliphatic rings. The largest absolute Gasteiger partial charge is 0.481 e. The number of aryl methyl sites for hydroxylation is 1. The van der Waals surface area contributed by atoms with E-state index in [1.54, 1.807) is 13.2 Å². The van der Waals surface area contributed by atoms with E-state index < -0.39 is 11.7 Å². The Kier molecular flexibility index (Phi) is 5.25. The van der Waals surface area contributed by atoms with Crippen molar-refractivity contribution in [3.63, 3.8) is 0 Å². The summed E-state index contributed by atoms with van der Waals surface area (Å²) in [6, 6.07) is 10.7. The molecule has 0 spiro atoms. The molecule has 1 aromatic heterocycles. The standard InChI is InChI=1S/C16H17F3N2O/c1-22-15-6-2-5-14(21-15)20-11-3-4-12-7-9-13(10-8-12)16(17,18)19/h2,5-10H,3-4,11H2,1H3,(H,20,21). The number of aromatic nitrogens is 1. The molecule has 6 heteroatoms. The second-order valence-electron chi connectivity index (χ2n) is 4.79. The Labute approximate surface area is 127 Å². The molecule has 0 aliphatic carbocycles. The fourth-order valence-corrected chi connectivity index (χ4v) is 2.00. The lowest BCUT2D eigenvalue weighted by Gasteiger charge is -2.09. The van der Waals surface area contributed by atoms with Gasteiger partial charge in [-0.25, -0.2) is 0 Å². The van der Waals surface area contributed by atoms with Crippen LogP contribution in [-0.4, -0.2) is 18.6 Å². The van der Waals surface area contributed by atoms with Gasteiger partial charge in [0.25, 0.3) is 0 Å². The number of anilines is 1. The number of pyridine rings is 1. The highest BCUT2D eigenvalue weighted by Gasteiger charge is 2.29. The lowest BCUT2D eigenvalue weighted by atomic mass is 10.1. The van der Waals surface area contributed by atoms with Gasteiger partial charge in [0.2, 0.25) is 5.88 Å². The number of methoxy groups -OCH3 is 1. The molecule has 0 saturated carbocycles. The first-order chi connectivity index (χ1) is 10.5. The Morgan fingerprint density at radius 3 is 2.45 bits per heavy atom. The molecule has 3 nitrogen and oxygen atoms in total. The van der Waals surface area contributed by atoms with Crippen LogP contribution < -0.4 is 10.1 Å². The molecule has 0 radical (unpaired) electrons. The van der Waals surface area contributed by atoms with Gasteiger partial charge in [0.1, 0.15) is 5.82 Å². The quantitative estimate of drug-likeness (QED) is 0.814. The van der Waals surface area contributed by atoms with Crippen molar-refractivity contribution in [1.29, 1.82) is 0 Å². The SMILES string of the molecule is COc1cccc(NCCCc2ccc(C(F)(F)F)cc2)n1. The Morgan fingerprint density at radius 2 is 1.82 bits per heavy atom. The summed E-state index contributed by atoms with van der Waals surface area (Å²) in [7, 11) is 1.55. The molecule has 0 unspecified atom stereocenters. The van der Waals surface area contributed by atoms with Gasteiger partial charge in [-0.1, -0.05) is 18.2 Å². The summed E-state index contributed by atoms with van der Waals surface area (Å²) in [4.78, 5) is 4.22. The number of alkyl halides is 3. The predicted octanol–water partition coefficient (Wildman–Crippen LogP) is 4.15. The van der Waals surface area contributed by atoms with Crippen LogP contribution >= 0.6 is 0 Å². The molecule has 0 fully saturated rings. The lowest BCUT2D eigenvalue weighted by Crippen LogP contribution is -2.06. The minimum absolute atomic E-state index is 0.535. The summed E-state index contributed by atoms with van der Waals surface area (Å²) in [5.41, 5.74) is 0.267. The minimum atomic E-state index is -4.28. The van der Waals surface area contributed by atoms with E-state index in [9.17, 15) is 13.2 Å². The highest BCUT2D eigenvalue weighted by Crippen LogP contribution is 2.29. The van der Waals surface area contributed by atoms with Crippen molar-refractivity contribution in [2.75, 3.05) is 19.0 Å². The second kappa shape index (κ2) is 7.15. The van der Waals surface area contributed by atoms with Gasteiger partial charge in [-0.05, 0) is 36.6 Å². The van der Waals surface area contributed by atoms with Crippen molar-refractivity contribution in [3.8, 4) is 5.88 Å². The minimum Gasteiger partial charge on any atom is -0.481 e. The van der Waals surface area contributed by atoms with Crippen molar-refractivity contribution in [2.45, 2.75) is 19.0 Å². The van der Waals surface area contributed by atoms with Gasteiger partial charge in [0.05, 0.1) is 12.7 Å². The van der Waals surface area contributed by atoms with Crippen molar-refractivity contribution in [3.05, 3.63) is 53.6 Å². The molecule has 22 heavy (non-hydrogen) atoms. The van der Waals surface area contributed by atoms with Crippen molar-refractivity contribution >= 4 is 5.82 Å². The third-order valence-corrected chi connectivity index (χ3v) is 3.16. The monoisotopic (exact) mass is 310 g/mol. The number of hydrogen-bond donors (Lipinski definition) is 1. The third kappa shape index (κ3) is 4.65. The molecule has 2 rings (SSSR count). The summed E-state index contributed by atoms with van der Waals surface area (Å²) in [5, 5.41) is 3.15. The summed E-state index contributed by atoms with van der Waals surface area (Å²) >= 11 is 0. The van der Waals surface area contributed by atoms with E-state index in [4.69, 9.17) is 4.74 Å². The van der Waals surface area contributed by atoms with E-state index in [0.29, 0.717) is 24.7 Å². The molecule has 0 aliphatic heterocycles. The molecule has 0 amide bonds. The van der Waals surface area contributed by atoms with Gasteiger partial charge in [0, 0.05) is 12.6 Å². The third-order valence-electron chi connectivity index (χ3n) is 3.16. The number of halogens is 3. The number of nitrogens with zero attached hydrogens (tertiary/aromatic N) is 1. The number of ether oxygens (including phenoxy) is 1. The van der Waals surface area contributed by atoms with Crippen LogP contribution in [0.4, 0.5) is 19.0 Å². The summed E-state index contributed by atoms with van der Waals surface area (Å²) in [5.74, 6) is 1.25. The molecule has 1 heterocycles. The highest BCUT2D eigenvalue weighted by molar-refractivity contribution is 5.36. The molecule has 0 saturated heterocycles. The molecular formula is C16H17F3N2O. The number of nitrogens with one attached hydrogen (secondary N) is 1. The smallest absolute Gasteiger partial charge is 0.416 e. The average Bonchev–Trinajstić information content (AvgIpc) is 2.51. The molecule has 1 N–H and O–H groups in total. The zero-order chi connectivity index (χ0) is 16.0. The van der Waals surface area contributed by atoms with E-state index in [2.05, 4.69) is 10.3 Å². The summed E-state index contributed by atoms with van der Waals surface area (Å²) in [6.45, 7) is 0.682. The fraction of sp³-hybridized carbons (Fsp3) is 0.312. The molecule has 118 valence electrons. The van der Waals surface area contributed by atoms with E-state index in [0.717, 1.165) is 24.1 Å². The van der Waals surface area contributed by atoms with Gasteiger partial charge in [-0.15, -0.1) is 0 Å². The van der Waals surface area contributed by atoms with Gasteiger partial charge in [-0.3, -0.25) is 0 Å². The van der Waals surface area contributed by atoms with Gasteiger partial charge in [0.15, 0.2) is 0 Å². The average molecular weight is 310 g/mol. The molecular weight excluding hydrogens is 293 g/mol. The van der Waals surface area contributed by atoms with Crippen LogP contribution in [0.5, 0.6) is 5.88 Å². The van der Waals surface area contributed by atoms with Gasteiger partial charge < -0.3 is 10.1 Å². The van der Waals surface area contributed by atoms with Gasteiger partial charge in [-0.2, -0.15) is 18.2 Å². The van der Waals surface area contributed by atoms with Crippen LogP contribution in [0, 0.1) is 0 Å². The first-order valence-electron chi connectivity index (χ1n) is 6.90.